The van der Waals surface area contributed by atoms with Crippen molar-refractivity contribution in [2.24, 2.45) is 0 Å². The molecule has 0 aliphatic carbocycles. The lowest BCUT2D eigenvalue weighted by Crippen LogP contribution is -2.27. The molecule has 164 valence electrons. The van der Waals surface area contributed by atoms with Gasteiger partial charge in [0.05, 0.1) is 11.4 Å². The highest BCUT2D eigenvalue weighted by Crippen LogP contribution is 2.47. The Hall–Kier alpha value is -3.96. The SMILES string of the molecule is Fc1ccc2c(n1)sc1c(C3Nc4cc5ccccc5cc4N3Cc3ccccc3)cccc12. The van der Waals surface area contributed by atoms with Crippen molar-refractivity contribution in [2.45, 2.75) is 12.7 Å². The van der Waals surface area contributed by atoms with Crippen LogP contribution in [-0.4, -0.2) is 4.98 Å². The van der Waals surface area contributed by atoms with E-state index in [1.54, 1.807) is 11.3 Å². The van der Waals surface area contributed by atoms with Crippen molar-refractivity contribution in [3.63, 3.8) is 0 Å². The first-order chi connectivity index (χ1) is 16.7. The number of pyridine rings is 1. The number of fused-ring (bicyclic) bond motifs is 5. The number of nitrogens with one attached hydrogen (secondary N) is 1. The zero-order valence-corrected chi connectivity index (χ0v) is 19.0. The fraction of sp³-hybridized carbons (Fsp3) is 0.0690. The second kappa shape index (κ2) is 7.54. The second-order valence-corrected chi connectivity index (χ2v) is 9.69. The van der Waals surface area contributed by atoms with Crippen molar-refractivity contribution in [2.75, 3.05) is 10.2 Å². The predicted molar refractivity (Wildman–Crippen MR) is 140 cm³/mol. The van der Waals surface area contributed by atoms with Crippen LogP contribution in [0.4, 0.5) is 15.8 Å². The molecule has 0 bridgehead atoms. The Morgan fingerprint density at radius 2 is 1.62 bits per heavy atom. The van der Waals surface area contributed by atoms with Crippen molar-refractivity contribution >= 4 is 53.8 Å². The Bertz CT molecular complexity index is 1690. The van der Waals surface area contributed by atoms with E-state index in [4.69, 9.17) is 0 Å². The Morgan fingerprint density at radius 1 is 0.824 bits per heavy atom. The van der Waals surface area contributed by atoms with Crippen LogP contribution in [0.3, 0.4) is 0 Å². The van der Waals surface area contributed by atoms with Gasteiger partial charge >= 0.3 is 0 Å². The number of hydrogen-bond acceptors (Lipinski definition) is 4. The van der Waals surface area contributed by atoms with E-state index in [1.807, 2.05) is 6.07 Å². The summed E-state index contributed by atoms with van der Waals surface area (Å²) in [6.07, 6.45) is -0.0476. The van der Waals surface area contributed by atoms with Gasteiger partial charge in [0.1, 0.15) is 11.0 Å². The van der Waals surface area contributed by atoms with E-state index in [0.717, 1.165) is 32.5 Å². The maximum atomic E-state index is 13.9. The molecule has 0 spiro atoms. The molecule has 1 aliphatic rings. The van der Waals surface area contributed by atoms with Gasteiger partial charge in [0.2, 0.25) is 5.95 Å². The van der Waals surface area contributed by atoms with E-state index in [2.05, 4.69) is 100 Å². The van der Waals surface area contributed by atoms with Crippen molar-refractivity contribution in [1.29, 1.82) is 0 Å². The number of rotatable bonds is 3. The van der Waals surface area contributed by atoms with Crippen molar-refractivity contribution in [3.05, 3.63) is 114 Å². The Labute approximate surface area is 200 Å². The first kappa shape index (κ1) is 19.5. The number of benzene rings is 4. The van der Waals surface area contributed by atoms with Gasteiger partial charge in [-0.05, 0) is 40.6 Å². The van der Waals surface area contributed by atoms with E-state index < -0.39 is 5.95 Å². The molecule has 1 unspecified atom stereocenters. The third kappa shape index (κ3) is 3.05. The summed E-state index contributed by atoms with van der Waals surface area (Å²) in [6.45, 7) is 0.776. The minimum Gasteiger partial charge on any atom is -0.360 e. The number of hydrogen-bond donors (Lipinski definition) is 1. The summed E-state index contributed by atoms with van der Waals surface area (Å²) in [6, 6.07) is 33.2. The molecule has 0 fully saturated rings. The van der Waals surface area contributed by atoms with Gasteiger partial charge in [0.25, 0.3) is 0 Å². The minimum atomic E-state index is -0.440. The lowest BCUT2D eigenvalue weighted by atomic mass is 10.1. The van der Waals surface area contributed by atoms with Crippen LogP contribution in [0.15, 0.2) is 97.1 Å². The molecule has 1 atom stereocenters. The zero-order valence-electron chi connectivity index (χ0n) is 18.2. The van der Waals surface area contributed by atoms with Crippen LogP contribution in [0.1, 0.15) is 17.3 Å². The molecule has 4 aromatic carbocycles. The summed E-state index contributed by atoms with van der Waals surface area (Å²) in [4.78, 5) is 7.33. The van der Waals surface area contributed by atoms with Gasteiger partial charge in [-0.3, -0.25) is 0 Å². The Morgan fingerprint density at radius 3 is 2.47 bits per heavy atom. The standard InChI is InChI=1S/C29H20FN3S/c30-26-14-13-22-21-11-6-12-23(27(21)34-29(22)32-26)28-31-24-15-19-9-4-5-10-20(19)16-25(24)33(28)17-18-7-2-1-3-8-18/h1-16,28,31H,17H2. The number of thiophene rings is 1. The maximum absolute atomic E-state index is 13.9. The monoisotopic (exact) mass is 461 g/mol. The Balaban J connectivity index is 1.42. The lowest BCUT2D eigenvalue weighted by molar-refractivity contribution is 0.590. The first-order valence-corrected chi connectivity index (χ1v) is 12.1. The molecule has 0 radical (unpaired) electrons. The van der Waals surface area contributed by atoms with Crippen LogP contribution in [0.25, 0.3) is 31.1 Å². The molecule has 3 heterocycles. The van der Waals surface area contributed by atoms with Crippen LogP contribution < -0.4 is 10.2 Å². The molecule has 1 aliphatic heterocycles. The van der Waals surface area contributed by atoms with Crippen LogP contribution in [0, 0.1) is 5.95 Å². The van der Waals surface area contributed by atoms with Crippen LogP contribution in [0.5, 0.6) is 0 Å². The fourth-order valence-electron chi connectivity index (χ4n) is 5.04. The molecule has 7 rings (SSSR count). The van der Waals surface area contributed by atoms with Gasteiger partial charge in [0.15, 0.2) is 0 Å². The van der Waals surface area contributed by atoms with Crippen LogP contribution >= 0.6 is 11.3 Å². The second-order valence-electron chi connectivity index (χ2n) is 8.69. The average Bonchev–Trinajstić information content (AvgIpc) is 3.40. The van der Waals surface area contributed by atoms with Gasteiger partial charge in [-0.2, -0.15) is 4.39 Å². The summed E-state index contributed by atoms with van der Waals surface area (Å²) in [5, 5.41) is 8.36. The molecule has 6 aromatic rings. The van der Waals surface area contributed by atoms with Crippen LogP contribution in [-0.2, 0) is 6.54 Å². The number of nitrogens with zero attached hydrogens (tertiary/aromatic N) is 2. The largest absolute Gasteiger partial charge is 0.360 e. The molecule has 2 aromatic heterocycles. The van der Waals surface area contributed by atoms with E-state index in [0.29, 0.717) is 0 Å². The van der Waals surface area contributed by atoms with E-state index in [-0.39, 0.29) is 6.17 Å². The molecule has 0 saturated heterocycles. The highest BCUT2D eigenvalue weighted by molar-refractivity contribution is 7.25. The fourth-order valence-corrected chi connectivity index (χ4v) is 6.24. The molecule has 0 amide bonds. The topological polar surface area (TPSA) is 28.2 Å². The van der Waals surface area contributed by atoms with Gasteiger partial charge in [-0.15, -0.1) is 11.3 Å². The average molecular weight is 462 g/mol. The van der Waals surface area contributed by atoms with E-state index in [9.17, 15) is 4.39 Å². The lowest BCUT2D eigenvalue weighted by Gasteiger charge is -2.28. The highest BCUT2D eigenvalue weighted by Gasteiger charge is 2.32. The van der Waals surface area contributed by atoms with Crippen molar-refractivity contribution in [1.82, 2.24) is 4.98 Å². The van der Waals surface area contributed by atoms with Crippen molar-refractivity contribution < 1.29 is 4.39 Å². The molecule has 5 heteroatoms. The summed E-state index contributed by atoms with van der Waals surface area (Å²) < 4.78 is 15.0. The minimum absolute atomic E-state index is 0.0476. The normalized spacial score (nSPS) is 15.2. The van der Waals surface area contributed by atoms with Crippen LogP contribution in [0.2, 0.25) is 0 Å². The first-order valence-electron chi connectivity index (χ1n) is 11.3. The third-order valence-electron chi connectivity index (χ3n) is 6.63. The van der Waals surface area contributed by atoms with E-state index >= 15 is 0 Å². The molecule has 34 heavy (non-hydrogen) atoms. The smallest absolute Gasteiger partial charge is 0.214 e. The molecular weight excluding hydrogens is 441 g/mol. The van der Waals surface area contributed by atoms with Gasteiger partial charge in [-0.25, -0.2) is 4.98 Å². The summed E-state index contributed by atoms with van der Waals surface area (Å²) >= 11 is 1.56. The predicted octanol–water partition coefficient (Wildman–Crippen LogP) is 7.87. The molecular formula is C29H20FN3S. The maximum Gasteiger partial charge on any atom is 0.214 e. The highest BCUT2D eigenvalue weighted by atomic mass is 32.1. The van der Waals surface area contributed by atoms with Gasteiger partial charge in [-0.1, -0.05) is 72.8 Å². The van der Waals surface area contributed by atoms with Crippen molar-refractivity contribution in [3.8, 4) is 0 Å². The Kier molecular flexibility index (Phi) is 4.32. The summed E-state index contributed by atoms with van der Waals surface area (Å²) in [7, 11) is 0. The van der Waals surface area contributed by atoms with E-state index in [1.165, 1.54) is 33.7 Å². The number of aromatic nitrogens is 1. The summed E-state index contributed by atoms with van der Waals surface area (Å²) in [5.74, 6) is -0.440. The zero-order chi connectivity index (χ0) is 22.6. The molecule has 0 saturated carbocycles. The van der Waals surface area contributed by atoms with Gasteiger partial charge < -0.3 is 10.2 Å². The number of anilines is 2. The molecule has 3 nitrogen and oxygen atoms in total. The van der Waals surface area contributed by atoms with Gasteiger partial charge in [0, 0.05) is 27.6 Å². The number of halogens is 1. The quantitative estimate of drug-likeness (QED) is 0.272. The summed E-state index contributed by atoms with van der Waals surface area (Å²) in [5.41, 5.74) is 4.75. The third-order valence-corrected chi connectivity index (χ3v) is 7.79. The molecule has 1 N–H and O–H groups in total.